The molecule has 0 radical (unpaired) electrons. The molecule has 1 spiro atoms. The Bertz CT molecular complexity index is 722. The topological polar surface area (TPSA) is 92.5 Å². The van der Waals surface area contributed by atoms with Gasteiger partial charge in [-0.25, -0.2) is 13.6 Å². The van der Waals surface area contributed by atoms with Crippen molar-refractivity contribution in [1.29, 1.82) is 0 Å². The number of carbonyl (C=O) groups excluding carboxylic acids is 1. The molecule has 8 heteroatoms. The van der Waals surface area contributed by atoms with Crippen molar-refractivity contribution in [2.24, 2.45) is 10.6 Å². The maximum Gasteiger partial charge on any atom is 0.238 e. The molecule has 2 heterocycles. The lowest BCUT2D eigenvalue weighted by Crippen LogP contribution is -2.29. The number of hydrogen-bond acceptors (Lipinski definition) is 4. The summed E-state index contributed by atoms with van der Waals surface area (Å²) in [5.41, 5.74) is 0.837. The van der Waals surface area contributed by atoms with Crippen molar-refractivity contribution in [3.8, 4) is 0 Å². The second kappa shape index (κ2) is 5.49. The van der Waals surface area contributed by atoms with Gasteiger partial charge >= 0.3 is 0 Å². The van der Waals surface area contributed by atoms with Crippen molar-refractivity contribution in [3.05, 3.63) is 28.8 Å². The van der Waals surface area contributed by atoms with E-state index in [1.807, 2.05) is 0 Å². The predicted octanol–water partition coefficient (Wildman–Crippen LogP) is 0.699. The van der Waals surface area contributed by atoms with Crippen LogP contribution in [0.4, 0.5) is 0 Å². The Morgan fingerprint density at radius 1 is 1.36 bits per heavy atom. The van der Waals surface area contributed by atoms with E-state index in [-0.39, 0.29) is 16.2 Å². The minimum absolute atomic E-state index is 0.0262. The Kier molecular flexibility index (Phi) is 3.92. The molecule has 2 aliphatic heterocycles. The fourth-order valence-corrected chi connectivity index (χ4v) is 4.27. The number of nitrogens with one attached hydrogen (secondary N) is 1. The standard InChI is InChI=1S/C14H18ClN3O3S/c15-11-3-10(4-12(5-11)22(16,20)21)7-18-2-1-14(9-18)6-13(19)17-8-14/h3-5H,1-2,6-9H2,(H,17,19)(H2,16,20,21)/t14-/m0/s1. The third-order valence-corrected chi connectivity index (χ3v) is 5.49. The molecule has 0 bridgehead atoms. The lowest BCUT2D eigenvalue weighted by atomic mass is 9.86. The van der Waals surface area contributed by atoms with Gasteiger partial charge in [0, 0.05) is 36.5 Å². The summed E-state index contributed by atoms with van der Waals surface area (Å²) in [4.78, 5) is 13.7. The number of carbonyl (C=O) groups is 1. The van der Waals surface area contributed by atoms with Crippen LogP contribution in [0.5, 0.6) is 0 Å². The Hall–Kier alpha value is -1.15. The number of sulfonamides is 1. The second-order valence-electron chi connectivity index (χ2n) is 6.25. The molecule has 3 N–H and O–H groups in total. The molecule has 0 aliphatic carbocycles. The van der Waals surface area contributed by atoms with Crippen molar-refractivity contribution in [1.82, 2.24) is 10.2 Å². The predicted molar refractivity (Wildman–Crippen MR) is 82.8 cm³/mol. The average molecular weight is 344 g/mol. The van der Waals surface area contributed by atoms with Gasteiger partial charge in [-0.05, 0) is 36.7 Å². The van der Waals surface area contributed by atoms with E-state index < -0.39 is 10.0 Å². The number of nitrogens with zero attached hydrogens (tertiary/aromatic N) is 1. The quantitative estimate of drug-likeness (QED) is 0.845. The van der Waals surface area contributed by atoms with E-state index in [1.165, 1.54) is 6.07 Å². The zero-order valence-corrected chi connectivity index (χ0v) is 13.6. The summed E-state index contributed by atoms with van der Waals surface area (Å²) in [7, 11) is -3.77. The highest BCUT2D eigenvalue weighted by atomic mass is 35.5. The van der Waals surface area contributed by atoms with Crippen LogP contribution in [-0.2, 0) is 21.4 Å². The maximum atomic E-state index is 11.5. The number of primary sulfonamides is 1. The largest absolute Gasteiger partial charge is 0.355 e. The summed E-state index contributed by atoms with van der Waals surface area (Å²) in [6.45, 7) is 3.02. The van der Waals surface area contributed by atoms with E-state index in [2.05, 4.69) is 10.2 Å². The van der Waals surface area contributed by atoms with Crippen LogP contribution in [0.15, 0.2) is 23.1 Å². The van der Waals surface area contributed by atoms with Gasteiger partial charge in [0.2, 0.25) is 15.9 Å². The molecule has 22 heavy (non-hydrogen) atoms. The monoisotopic (exact) mass is 343 g/mol. The van der Waals surface area contributed by atoms with Gasteiger partial charge in [0.1, 0.15) is 0 Å². The first-order chi connectivity index (χ1) is 10.3. The van der Waals surface area contributed by atoms with Crippen LogP contribution in [0, 0.1) is 5.41 Å². The Morgan fingerprint density at radius 2 is 2.14 bits per heavy atom. The Morgan fingerprint density at radius 3 is 2.77 bits per heavy atom. The molecule has 2 saturated heterocycles. The molecule has 3 rings (SSSR count). The molecule has 6 nitrogen and oxygen atoms in total. The first-order valence-electron chi connectivity index (χ1n) is 7.07. The molecule has 2 aliphatic rings. The van der Waals surface area contributed by atoms with Gasteiger partial charge in [-0.3, -0.25) is 9.69 Å². The summed E-state index contributed by atoms with van der Waals surface area (Å²) in [6, 6.07) is 4.66. The SMILES string of the molecule is NS(=O)(=O)c1cc(Cl)cc(CN2CC[C@]3(CNC(=O)C3)C2)c1. The van der Waals surface area contributed by atoms with Crippen molar-refractivity contribution >= 4 is 27.5 Å². The molecule has 0 unspecified atom stereocenters. The van der Waals surface area contributed by atoms with E-state index >= 15 is 0 Å². The number of likely N-dealkylation sites (tertiary alicyclic amines) is 1. The van der Waals surface area contributed by atoms with Crippen LogP contribution >= 0.6 is 11.6 Å². The van der Waals surface area contributed by atoms with E-state index in [4.69, 9.17) is 16.7 Å². The van der Waals surface area contributed by atoms with Crippen molar-refractivity contribution in [3.63, 3.8) is 0 Å². The second-order valence-corrected chi connectivity index (χ2v) is 8.25. The van der Waals surface area contributed by atoms with Gasteiger partial charge in [0.15, 0.2) is 0 Å². The number of hydrogen-bond donors (Lipinski definition) is 2. The first kappa shape index (κ1) is 15.7. The molecule has 1 amide bonds. The van der Waals surface area contributed by atoms with E-state index in [0.717, 1.165) is 31.6 Å². The lowest BCUT2D eigenvalue weighted by molar-refractivity contribution is -0.119. The summed E-state index contributed by atoms with van der Waals surface area (Å²) in [5, 5.41) is 8.41. The van der Waals surface area contributed by atoms with Crippen LogP contribution in [-0.4, -0.2) is 38.9 Å². The van der Waals surface area contributed by atoms with Crippen molar-refractivity contribution in [2.75, 3.05) is 19.6 Å². The molecule has 2 fully saturated rings. The number of nitrogens with two attached hydrogens (primary N) is 1. The van der Waals surface area contributed by atoms with Gasteiger partial charge in [-0.15, -0.1) is 0 Å². The molecule has 120 valence electrons. The van der Waals surface area contributed by atoms with Crippen LogP contribution in [0.3, 0.4) is 0 Å². The van der Waals surface area contributed by atoms with Gasteiger partial charge < -0.3 is 5.32 Å². The van der Waals surface area contributed by atoms with E-state index in [9.17, 15) is 13.2 Å². The normalized spacial score (nSPS) is 25.8. The number of benzene rings is 1. The fraction of sp³-hybridized carbons (Fsp3) is 0.500. The smallest absolute Gasteiger partial charge is 0.238 e. The molecule has 1 aromatic carbocycles. The van der Waals surface area contributed by atoms with Crippen molar-refractivity contribution < 1.29 is 13.2 Å². The minimum atomic E-state index is -3.77. The van der Waals surface area contributed by atoms with Gasteiger partial charge in [-0.2, -0.15) is 0 Å². The van der Waals surface area contributed by atoms with E-state index in [1.54, 1.807) is 12.1 Å². The van der Waals surface area contributed by atoms with Crippen LogP contribution in [0.25, 0.3) is 0 Å². The molecule has 1 atom stereocenters. The number of rotatable bonds is 3. The lowest BCUT2D eigenvalue weighted by Gasteiger charge is -2.22. The van der Waals surface area contributed by atoms with Gasteiger partial charge in [0.25, 0.3) is 0 Å². The summed E-state index contributed by atoms with van der Waals surface area (Å²) >= 11 is 5.99. The molecule has 0 saturated carbocycles. The highest BCUT2D eigenvalue weighted by molar-refractivity contribution is 7.89. The zero-order valence-electron chi connectivity index (χ0n) is 12.0. The van der Waals surface area contributed by atoms with Crippen LogP contribution in [0.1, 0.15) is 18.4 Å². The molecule has 0 aromatic heterocycles. The van der Waals surface area contributed by atoms with E-state index in [0.29, 0.717) is 18.0 Å². The van der Waals surface area contributed by atoms with Crippen LogP contribution in [0.2, 0.25) is 5.02 Å². The molecular formula is C14H18ClN3O3S. The first-order valence-corrected chi connectivity index (χ1v) is 9.00. The summed E-state index contributed by atoms with van der Waals surface area (Å²) in [5.74, 6) is 0.112. The van der Waals surface area contributed by atoms with Gasteiger partial charge in [0.05, 0.1) is 4.90 Å². The highest BCUT2D eigenvalue weighted by Gasteiger charge is 2.43. The third kappa shape index (κ3) is 3.27. The third-order valence-electron chi connectivity index (χ3n) is 4.38. The fourth-order valence-electron chi connectivity index (χ4n) is 3.34. The van der Waals surface area contributed by atoms with Crippen molar-refractivity contribution in [2.45, 2.75) is 24.3 Å². The number of amides is 1. The van der Waals surface area contributed by atoms with Gasteiger partial charge in [-0.1, -0.05) is 11.6 Å². The summed E-state index contributed by atoms with van der Waals surface area (Å²) in [6.07, 6.45) is 1.54. The Balaban J connectivity index is 1.75. The maximum absolute atomic E-state index is 11.5. The molecular weight excluding hydrogens is 326 g/mol. The molecule has 1 aromatic rings. The minimum Gasteiger partial charge on any atom is -0.355 e. The zero-order chi connectivity index (χ0) is 16.0. The average Bonchev–Trinajstić information content (AvgIpc) is 2.95. The summed E-state index contributed by atoms with van der Waals surface area (Å²) < 4.78 is 22.9. The van der Waals surface area contributed by atoms with Crippen LogP contribution < -0.4 is 10.5 Å². The number of halogens is 1. The Labute approximate surface area is 134 Å². The highest BCUT2D eigenvalue weighted by Crippen LogP contribution is 2.37.